The molecule has 0 radical (unpaired) electrons. The molecule has 0 aromatic heterocycles. The Labute approximate surface area is 116 Å². The van der Waals surface area contributed by atoms with Crippen molar-refractivity contribution in [3.05, 3.63) is 28.2 Å². The molecule has 18 heavy (non-hydrogen) atoms. The van der Waals surface area contributed by atoms with Crippen LogP contribution in [0.15, 0.2) is 22.7 Å². The molecule has 0 saturated heterocycles. The zero-order chi connectivity index (χ0) is 13.2. The van der Waals surface area contributed by atoms with E-state index in [2.05, 4.69) is 28.2 Å². The Morgan fingerprint density at radius 3 is 2.78 bits per heavy atom. The maximum Gasteiger partial charge on any atom is 0.226 e. The van der Waals surface area contributed by atoms with E-state index in [9.17, 15) is 4.79 Å². The molecule has 0 unspecified atom stereocenters. The Morgan fingerprint density at radius 2 is 2.22 bits per heavy atom. The summed E-state index contributed by atoms with van der Waals surface area (Å²) in [5.41, 5.74) is 7.86. The summed E-state index contributed by atoms with van der Waals surface area (Å²) < 4.78 is 1.03. The molecule has 0 atom stereocenters. The molecule has 3 N–H and O–H groups in total. The standard InChI is InChI=1S/C14H19BrN2O/c1-2-10-8-11(15)4-5-12(10)17-13(18)9-14(16)6-3-7-14/h4-5,8H,2-3,6-7,9,16H2,1H3,(H,17,18). The number of carbonyl (C=O) groups is 1. The average molecular weight is 311 g/mol. The normalized spacial score (nSPS) is 17.1. The molecule has 0 heterocycles. The molecule has 98 valence electrons. The Morgan fingerprint density at radius 1 is 1.50 bits per heavy atom. The topological polar surface area (TPSA) is 55.1 Å². The number of halogens is 1. The van der Waals surface area contributed by atoms with Crippen LogP contribution in [0, 0.1) is 0 Å². The van der Waals surface area contributed by atoms with Gasteiger partial charge in [-0.3, -0.25) is 4.79 Å². The molecule has 1 aliphatic carbocycles. The Hall–Kier alpha value is -0.870. The number of benzene rings is 1. The SMILES string of the molecule is CCc1cc(Br)ccc1NC(=O)CC1(N)CCC1. The predicted molar refractivity (Wildman–Crippen MR) is 77.5 cm³/mol. The molecule has 1 saturated carbocycles. The van der Waals surface area contributed by atoms with Crippen molar-refractivity contribution < 1.29 is 4.79 Å². The molecular formula is C14H19BrN2O. The zero-order valence-electron chi connectivity index (χ0n) is 10.6. The quantitative estimate of drug-likeness (QED) is 0.897. The van der Waals surface area contributed by atoms with Gasteiger partial charge in [-0.05, 0) is 49.4 Å². The third-order valence-corrected chi connectivity index (χ3v) is 4.08. The molecule has 0 spiro atoms. The molecule has 1 aliphatic rings. The summed E-state index contributed by atoms with van der Waals surface area (Å²) in [5, 5.41) is 2.97. The highest BCUT2D eigenvalue weighted by Crippen LogP contribution is 2.32. The summed E-state index contributed by atoms with van der Waals surface area (Å²) in [5.74, 6) is 0.0224. The van der Waals surface area contributed by atoms with Gasteiger partial charge in [0.25, 0.3) is 0 Å². The highest BCUT2D eigenvalue weighted by Gasteiger charge is 2.34. The van der Waals surface area contributed by atoms with Crippen molar-refractivity contribution in [2.24, 2.45) is 5.73 Å². The van der Waals surface area contributed by atoms with Crippen LogP contribution in [0.4, 0.5) is 5.69 Å². The van der Waals surface area contributed by atoms with Gasteiger partial charge in [-0.1, -0.05) is 22.9 Å². The van der Waals surface area contributed by atoms with Gasteiger partial charge in [0.1, 0.15) is 0 Å². The van der Waals surface area contributed by atoms with Crippen molar-refractivity contribution in [2.45, 2.75) is 44.6 Å². The van der Waals surface area contributed by atoms with E-state index in [1.54, 1.807) is 0 Å². The first-order chi connectivity index (χ1) is 8.52. The van der Waals surface area contributed by atoms with Crippen LogP contribution in [-0.2, 0) is 11.2 Å². The number of anilines is 1. The molecule has 1 fully saturated rings. The third kappa shape index (κ3) is 3.12. The van der Waals surface area contributed by atoms with Crippen LogP contribution in [0.3, 0.4) is 0 Å². The van der Waals surface area contributed by atoms with Crippen LogP contribution in [-0.4, -0.2) is 11.4 Å². The molecule has 0 aliphatic heterocycles. The summed E-state index contributed by atoms with van der Waals surface area (Å²) in [6.45, 7) is 2.08. The minimum atomic E-state index is -0.258. The lowest BCUT2D eigenvalue weighted by atomic mass is 9.75. The van der Waals surface area contributed by atoms with Crippen molar-refractivity contribution in [3.63, 3.8) is 0 Å². The van der Waals surface area contributed by atoms with Gasteiger partial charge in [0.05, 0.1) is 0 Å². The Bertz CT molecular complexity index is 455. The fourth-order valence-electron chi connectivity index (χ4n) is 2.30. The molecular weight excluding hydrogens is 292 g/mol. The fraction of sp³-hybridized carbons (Fsp3) is 0.500. The first-order valence-corrected chi connectivity index (χ1v) is 7.19. The molecule has 2 rings (SSSR count). The molecule has 4 heteroatoms. The highest BCUT2D eigenvalue weighted by atomic mass is 79.9. The van der Waals surface area contributed by atoms with Crippen molar-refractivity contribution >= 4 is 27.5 Å². The van der Waals surface area contributed by atoms with Crippen molar-refractivity contribution in [1.82, 2.24) is 0 Å². The van der Waals surface area contributed by atoms with Crippen molar-refractivity contribution in [3.8, 4) is 0 Å². The van der Waals surface area contributed by atoms with E-state index in [1.165, 1.54) is 0 Å². The molecule has 1 aromatic carbocycles. The van der Waals surface area contributed by atoms with E-state index < -0.39 is 0 Å². The zero-order valence-corrected chi connectivity index (χ0v) is 12.2. The number of nitrogens with one attached hydrogen (secondary N) is 1. The smallest absolute Gasteiger partial charge is 0.226 e. The predicted octanol–water partition coefficient (Wildman–Crippen LogP) is 3.22. The van der Waals surface area contributed by atoms with Gasteiger partial charge >= 0.3 is 0 Å². The van der Waals surface area contributed by atoms with Gasteiger partial charge in [-0.2, -0.15) is 0 Å². The second kappa shape index (κ2) is 5.41. The van der Waals surface area contributed by atoms with Crippen LogP contribution in [0.1, 0.15) is 38.2 Å². The van der Waals surface area contributed by atoms with E-state index in [4.69, 9.17) is 5.73 Å². The Balaban J connectivity index is 2.02. The van der Waals surface area contributed by atoms with Gasteiger partial charge in [0.2, 0.25) is 5.91 Å². The van der Waals surface area contributed by atoms with Crippen molar-refractivity contribution in [1.29, 1.82) is 0 Å². The lowest BCUT2D eigenvalue weighted by molar-refractivity contribution is -0.118. The maximum atomic E-state index is 12.0. The highest BCUT2D eigenvalue weighted by molar-refractivity contribution is 9.10. The van der Waals surface area contributed by atoms with Gasteiger partial charge in [0.15, 0.2) is 0 Å². The molecule has 0 bridgehead atoms. The Kier molecular flexibility index (Phi) is 4.07. The van der Waals surface area contributed by atoms with Gasteiger partial charge in [0, 0.05) is 22.1 Å². The number of hydrogen-bond acceptors (Lipinski definition) is 2. The third-order valence-electron chi connectivity index (χ3n) is 3.58. The van der Waals surface area contributed by atoms with Crippen LogP contribution in [0.2, 0.25) is 0 Å². The molecule has 3 nitrogen and oxygen atoms in total. The number of carbonyl (C=O) groups excluding carboxylic acids is 1. The summed E-state index contributed by atoms with van der Waals surface area (Å²) in [6, 6.07) is 5.91. The van der Waals surface area contributed by atoms with E-state index >= 15 is 0 Å². The van der Waals surface area contributed by atoms with Crippen LogP contribution < -0.4 is 11.1 Å². The van der Waals surface area contributed by atoms with Gasteiger partial charge in [-0.15, -0.1) is 0 Å². The minimum Gasteiger partial charge on any atom is -0.326 e. The number of nitrogens with two attached hydrogens (primary N) is 1. The minimum absolute atomic E-state index is 0.0224. The van der Waals surface area contributed by atoms with Crippen molar-refractivity contribution in [2.75, 3.05) is 5.32 Å². The van der Waals surface area contributed by atoms with E-state index in [0.717, 1.165) is 41.4 Å². The van der Waals surface area contributed by atoms with E-state index in [1.807, 2.05) is 18.2 Å². The van der Waals surface area contributed by atoms with E-state index in [0.29, 0.717) is 6.42 Å². The first kappa shape index (κ1) is 13.6. The molecule has 1 aromatic rings. The first-order valence-electron chi connectivity index (χ1n) is 6.39. The average Bonchev–Trinajstić information content (AvgIpc) is 2.29. The summed E-state index contributed by atoms with van der Waals surface area (Å²) >= 11 is 3.44. The second-order valence-corrected chi connectivity index (χ2v) is 6.01. The monoisotopic (exact) mass is 310 g/mol. The fourth-order valence-corrected chi connectivity index (χ4v) is 2.71. The van der Waals surface area contributed by atoms with Crippen LogP contribution in [0.25, 0.3) is 0 Å². The van der Waals surface area contributed by atoms with E-state index in [-0.39, 0.29) is 11.4 Å². The number of aryl methyl sites for hydroxylation is 1. The molecule has 1 amide bonds. The summed E-state index contributed by atoms with van der Waals surface area (Å²) in [7, 11) is 0. The van der Waals surface area contributed by atoms with Gasteiger partial charge < -0.3 is 11.1 Å². The number of hydrogen-bond donors (Lipinski definition) is 2. The second-order valence-electron chi connectivity index (χ2n) is 5.10. The largest absolute Gasteiger partial charge is 0.326 e. The van der Waals surface area contributed by atoms with Gasteiger partial charge in [-0.25, -0.2) is 0 Å². The lowest BCUT2D eigenvalue weighted by Gasteiger charge is -2.37. The summed E-state index contributed by atoms with van der Waals surface area (Å²) in [6.07, 6.45) is 4.38. The number of amides is 1. The van der Waals surface area contributed by atoms with Crippen LogP contribution in [0.5, 0.6) is 0 Å². The summed E-state index contributed by atoms with van der Waals surface area (Å²) in [4.78, 5) is 12.0. The number of rotatable bonds is 4. The van der Waals surface area contributed by atoms with Crippen LogP contribution >= 0.6 is 15.9 Å². The lowest BCUT2D eigenvalue weighted by Crippen LogP contribution is -2.48. The maximum absolute atomic E-state index is 12.0.